The summed E-state index contributed by atoms with van der Waals surface area (Å²) in [5.74, 6) is 1.01. The predicted octanol–water partition coefficient (Wildman–Crippen LogP) is 7.71. The molecule has 3 aromatic rings. The minimum absolute atomic E-state index is 0.0117. The summed E-state index contributed by atoms with van der Waals surface area (Å²) in [4.78, 5) is 0. The van der Waals surface area contributed by atoms with Crippen molar-refractivity contribution in [1.82, 2.24) is 0 Å². The van der Waals surface area contributed by atoms with E-state index in [1.165, 1.54) is 53.5 Å². The second-order valence-electron chi connectivity index (χ2n) is 10.6. The number of ether oxygens (including phenoxy) is 1. The second kappa shape index (κ2) is 9.95. The van der Waals surface area contributed by atoms with Crippen LogP contribution in [0.4, 0.5) is 0 Å². The van der Waals surface area contributed by atoms with E-state index >= 15 is 0 Å². The highest BCUT2D eigenvalue weighted by Gasteiger charge is 2.42. The first-order valence-corrected chi connectivity index (χ1v) is 13.4. The monoisotopic (exact) mass is 474 g/mol. The molecule has 0 aromatic heterocycles. The minimum atomic E-state index is -0.0117. The fourth-order valence-electron chi connectivity index (χ4n) is 6.18. The van der Waals surface area contributed by atoms with Crippen LogP contribution >= 0.6 is 0 Å². The zero-order valence-corrected chi connectivity index (χ0v) is 20.8. The van der Waals surface area contributed by atoms with Gasteiger partial charge in [-0.15, -0.1) is 0 Å². The molecule has 1 saturated carbocycles. The normalized spacial score (nSPS) is 22.9. The molecule has 1 heterocycles. The Morgan fingerprint density at radius 3 is 2.25 bits per heavy atom. The summed E-state index contributed by atoms with van der Waals surface area (Å²) in [5, 5.41) is 9.69. The molecule has 0 amide bonds. The van der Waals surface area contributed by atoms with Crippen molar-refractivity contribution in [3.8, 4) is 5.75 Å². The third-order valence-electron chi connectivity index (χ3n) is 8.09. The molecule has 2 nitrogen and oxygen atoms in total. The van der Waals surface area contributed by atoms with Crippen LogP contribution in [-0.2, 0) is 24.0 Å². The van der Waals surface area contributed by atoms with E-state index in [0.717, 1.165) is 24.8 Å². The molecule has 1 spiro atoms. The van der Waals surface area contributed by atoms with Gasteiger partial charge in [0.05, 0.1) is 11.7 Å². The van der Waals surface area contributed by atoms with Crippen LogP contribution in [0.15, 0.2) is 96.6 Å². The average Bonchev–Trinajstić information content (AvgIpc) is 3.49. The maximum Gasteiger partial charge on any atom is 0.122 e. The number of allylic oxidation sites excluding steroid dienone is 2. The third-order valence-corrected chi connectivity index (χ3v) is 8.09. The zero-order chi connectivity index (χ0) is 24.4. The first kappa shape index (κ1) is 23.1. The van der Waals surface area contributed by atoms with E-state index in [2.05, 4.69) is 72.8 Å². The van der Waals surface area contributed by atoms with Gasteiger partial charge in [-0.3, -0.25) is 0 Å². The van der Waals surface area contributed by atoms with Gasteiger partial charge in [0.1, 0.15) is 5.75 Å². The van der Waals surface area contributed by atoms with Gasteiger partial charge in [-0.05, 0) is 53.2 Å². The van der Waals surface area contributed by atoms with Crippen LogP contribution in [0.25, 0.3) is 12.2 Å². The van der Waals surface area contributed by atoms with Crippen molar-refractivity contribution >= 4 is 12.2 Å². The molecule has 1 unspecified atom stereocenters. The SMILES string of the molecule is C1=CC2(Cc3ccccc3C2)O[C@@H]2CCCCC12.Oc1ccccc1/C=C/C1=Cc2ccccc2C1. The van der Waals surface area contributed by atoms with Crippen molar-refractivity contribution in [2.75, 3.05) is 0 Å². The number of hydrogen-bond donors (Lipinski definition) is 1. The molecule has 3 aromatic carbocycles. The topological polar surface area (TPSA) is 29.5 Å². The predicted molar refractivity (Wildman–Crippen MR) is 148 cm³/mol. The smallest absolute Gasteiger partial charge is 0.122 e. The van der Waals surface area contributed by atoms with E-state index in [0.29, 0.717) is 17.8 Å². The van der Waals surface area contributed by atoms with Crippen LogP contribution in [0.1, 0.15) is 53.5 Å². The Morgan fingerprint density at radius 2 is 1.47 bits per heavy atom. The Bertz CT molecular complexity index is 1300. The lowest BCUT2D eigenvalue weighted by Crippen LogP contribution is -2.43. The Hall–Kier alpha value is -3.36. The van der Waals surface area contributed by atoms with E-state index in [9.17, 15) is 5.11 Å². The maximum absolute atomic E-state index is 9.69. The van der Waals surface area contributed by atoms with E-state index in [1.54, 1.807) is 6.07 Å². The van der Waals surface area contributed by atoms with Crippen LogP contribution < -0.4 is 0 Å². The summed E-state index contributed by atoms with van der Waals surface area (Å²) in [6.45, 7) is 0. The maximum atomic E-state index is 9.69. The highest BCUT2D eigenvalue weighted by atomic mass is 16.5. The van der Waals surface area contributed by atoms with Crippen molar-refractivity contribution in [3.05, 3.63) is 124 Å². The molecule has 182 valence electrons. The summed E-state index contributed by atoms with van der Waals surface area (Å²) in [7, 11) is 0. The fraction of sp³-hybridized carbons (Fsp3) is 0.294. The molecular weight excluding hydrogens is 440 g/mol. The van der Waals surface area contributed by atoms with Gasteiger partial charge in [0.15, 0.2) is 0 Å². The highest BCUT2D eigenvalue weighted by Crippen LogP contribution is 2.42. The van der Waals surface area contributed by atoms with Crippen molar-refractivity contribution in [1.29, 1.82) is 0 Å². The van der Waals surface area contributed by atoms with Gasteiger partial charge >= 0.3 is 0 Å². The zero-order valence-electron chi connectivity index (χ0n) is 20.8. The van der Waals surface area contributed by atoms with E-state index < -0.39 is 0 Å². The molecule has 7 rings (SSSR count). The molecule has 0 bridgehead atoms. The van der Waals surface area contributed by atoms with Gasteiger partial charge in [0.2, 0.25) is 0 Å². The molecule has 1 fully saturated rings. The first-order valence-electron chi connectivity index (χ1n) is 13.4. The average molecular weight is 475 g/mol. The molecule has 2 heteroatoms. The Kier molecular flexibility index (Phi) is 6.37. The summed E-state index contributed by atoms with van der Waals surface area (Å²) in [6.07, 6.45) is 20.0. The summed E-state index contributed by atoms with van der Waals surface area (Å²) in [6, 6.07) is 24.6. The minimum Gasteiger partial charge on any atom is -0.507 e. The van der Waals surface area contributed by atoms with Crippen LogP contribution in [0.3, 0.4) is 0 Å². The van der Waals surface area contributed by atoms with Gasteiger partial charge in [0, 0.05) is 24.3 Å². The second-order valence-corrected chi connectivity index (χ2v) is 10.6. The van der Waals surface area contributed by atoms with Crippen LogP contribution in [0, 0.1) is 5.92 Å². The molecule has 1 N–H and O–H groups in total. The number of phenolic OH excluding ortho intramolecular Hbond substituents is 1. The highest BCUT2D eigenvalue weighted by molar-refractivity contribution is 5.70. The number of para-hydroxylation sites is 1. The summed E-state index contributed by atoms with van der Waals surface area (Å²) in [5.41, 5.74) is 7.76. The Balaban J connectivity index is 0.000000133. The quantitative estimate of drug-likeness (QED) is 0.385. The van der Waals surface area contributed by atoms with Gasteiger partial charge in [-0.2, -0.15) is 0 Å². The lowest BCUT2D eigenvalue weighted by atomic mass is 9.81. The van der Waals surface area contributed by atoms with Crippen LogP contribution in [0.5, 0.6) is 5.75 Å². The molecule has 3 aliphatic carbocycles. The fourth-order valence-corrected chi connectivity index (χ4v) is 6.18. The van der Waals surface area contributed by atoms with E-state index in [4.69, 9.17) is 4.74 Å². The number of fused-ring (bicyclic) bond motifs is 3. The van der Waals surface area contributed by atoms with Crippen molar-refractivity contribution in [3.63, 3.8) is 0 Å². The molecule has 2 atom stereocenters. The lowest BCUT2D eigenvalue weighted by Gasteiger charge is -2.41. The van der Waals surface area contributed by atoms with Gasteiger partial charge < -0.3 is 9.84 Å². The molecule has 4 aliphatic rings. The Morgan fingerprint density at radius 1 is 0.778 bits per heavy atom. The molecule has 0 saturated heterocycles. The van der Waals surface area contributed by atoms with Crippen molar-refractivity contribution < 1.29 is 9.84 Å². The first-order chi connectivity index (χ1) is 17.7. The standard InChI is InChI=1S/C17H20O.C17H14O/c1-2-7-15-12-17(11-14(15)6-1)10-9-13-5-3-4-8-16(13)18-17;18-17-8-4-3-5-14(17)10-9-13-11-15-6-1-2-7-16(15)12-13/h1-2,6-7,9-10,13,16H,3-5,8,11-12H2;1-11,18H,12H2/b;10-9+/t13?,16-;/m1./s1. The molecule has 1 aliphatic heterocycles. The van der Waals surface area contributed by atoms with Crippen LogP contribution in [0.2, 0.25) is 0 Å². The third kappa shape index (κ3) is 4.83. The lowest BCUT2D eigenvalue weighted by molar-refractivity contribution is -0.0978. The van der Waals surface area contributed by atoms with Gasteiger partial charge in [-0.25, -0.2) is 0 Å². The van der Waals surface area contributed by atoms with E-state index in [1.807, 2.05) is 24.3 Å². The molecular formula is C34H34O2. The van der Waals surface area contributed by atoms with Crippen molar-refractivity contribution in [2.45, 2.75) is 56.7 Å². The number of rotatable bonds is 2. The molecule has 36 heavy (non-hydrogen) atoms. The molecule has 0 radical (unpaired) electrons. The van der Waals surface area contributed by atoms with Crippen LogP contribution in [-0.4, -0.2) is 16.8 Å². The van der Waals surface area contributed by atoms with E-state index in [-0.39, 0.29) is 5.60 Å². The largest absolute Gasteiger partial charge is 0.507 e. The Labute approximate surface area is 214 Å². The summed E-state index contributed by atoms with van der Waals surface area (Å²) < 4.78 is 6.53. The number of phenols is 1. The number of hydrogen-bond acceptors (Lipinski definition) is 2. The van der Waals surface area contributed by atoms with Gasteiger partial charge in [0.25, 0.3) is 0 Å². The number of benzene rings is 3. The van der Waals surface area contributed by atoms with Gasteiger partial charge in [-0.1, -0.05) is 110 Å². The summed E-state index contributed by atoms with van der Waals surface area (Å²) >= 11 is 0. The number of aromatic hydroxyl groups is 1. The van der Waals surface area contributed by atoms with Crippen molar-refractivity contribution in [2.24, 2.45) is 5.92 Å².